The Morgan fingerprint density at radius 2 is 1.83 bits per heavy atom. The van der Waals surface area contributed by atoms with Gasteiger partial charge in [-0.1, -0.05) is 19.9 Å². The minimum absolute atomic E-state index is 0.105. The molecule has 0 aromatic heterocycles. The normalized spacial score (nSPS) is 13.7. The van der Waals surface area contributed by atoms with Gasteiger partial charge in [0.2, 0.25) is 0 Å². The van der Waals surface area contributed by atoms with Crippen LogP contribution in [0.4, 0.5) is 0 Å². The van der Waals surface area contributed by atoms with Crippen LogP contribution in [0.15, 0.2) is 11.6 Å². The van der Waals surface area contributed by atoms with E-state index >= 15 is 0 Å². The van der Waals surface area contributed by atoms with Crippen molar-refractivity contribution in [3.63, 3.8) is 0 Å². The molecule has 0 atom stereocenters. The number of hydrogen-bond acceptors (Lipinski definition) is 3. The molecule has 0 rings (SSSR count). The largest absolute Gasteiger partial charge is 0.478 e. The molecule has 0 fully saturated rings. The smallest absolute Gasteiger partial charge is 0.330 e. The summed E-state index contributed by atoms with van der Waals surface area (Å²) in [5, 5.41) is 26.2. The predicted molar refractivity (Wildman–Crippen MR) is 43.4 cm³/mol. The summed E-state index contributed by atoms with van der Waals surface area (Å²) in [6.07, 6.45) is -0.230. The molecule has 0 saturated heterocycles. The first kappa shape index (κ1) is 11.1. The van der Waals surface area contributed by atoms with Crippen LogP contribution in [-0.2, 0) is 4.79 Å². The first-order valence-electron chi connectivity index (χ1n) is 3.56. The van der Waals surface area contributed by atoms with Crippen LogP contribution < -0.4 is 0 Å². The van der Waals surface area contributed by atoms with E-state index in [1.807, 2.05) is 0 Å². The fraction of sp³-hybridized carbons (Fsp3) is 0.625. The third-order valence-corrected chi connectivity index (χ3v) is 1.59. The first-order valence-corrected chi connectivity index (χ1v) is 3.56. The zero-order chi connectivity index (χ0) is 9.94. The van der Waals surface area contributed by atoms with Crippen LogP contribution in [0.3, 0.4) is 0 Å². The van der Waals surface area contributed by atoms with Gasteiger partial charge in [-0.3, -0.25) is 0 Å². The zero-order valence-electron chi connectivity index (χ0n) is 7.40. The lowest BCUT2D eigenvalue weighted by Gasteiger charge is -2.22. The van der Waals surface area contributed by atoms with E-state index in [4.69, 9.17) is 15.3 Å². The van der Waals surface area contributed by atoms with Crippen molar-refractivity contribution in [3.05, 3.63) is 11.6 Å². The highest BCUT2D eigenvalue weighted by Crippen LogP contribution is 2.22. The Labute approximate surface area is 71.1 Å². The maximum absolute atomic E-state index is 10.4. The minimum Gasteiger partial charge on any atom is -0.478 e. The summed E-state index contributed by atoms with van der Waals surface area (Å²) in [5.74, 6) is -1.05. The molecule has 0 aromatic rings. The van der Waals surface area contributed by atoms with Gasteiger partial charge in [0.15, 0.2) is 6.29 Å². The average Bonchev–Trinajstić information content (AvgIpc) is 1.85. The monoisotopic (exact) mass is 174 g/mol. The number of carboxylic acids is 1. The molecule has 0 aliphatic carbocycles. The highest BCUT2D eigenvalue weighted by atomic mass is 16.5. The lowest BCUT2D eigenvalue weighted by atomic mass is 9.90. The van der Waals surface area contributed by atoms with E-state index in [2.05, 4.69) is 0 Å². The van der Waals surface area contributed by atoms with Gasteiger partial charge in [-0.05, 0) is 6.92 Å². The van der Waals surface area contributed by atoms with Gasteiger partial charge in [-0.15, -0.1) is 0 Å². The van der Waals surface area contributed by atoms with Crippen molar-refractivity contribution in [1.82, 2.24) is 0 Å². The number of aliphatic hydroxyl groups is 2. The molecule has 0 amide bonds. The number of rotatable bonds is 3. The summed E-state index contributed by atoms with van der Waals surface area (Å²) >= 11 is 0. The fourth-order valence-electron chi connectivity index (χ4n) is 0.694. The molecule has 0 aliphatic heterocycles. The van der Waals surface area contributed by atoms with Gasteiger partial charge in [0.1, 0.15) is 0 Å². The minimum atomic E-state index is -1.55. The molecule has 0 aromatic carbocycles. The molecular weight excluding hydrogens is 160 g/mol. The maximum atomic E-state index is 10.4. The lowest BCUT2D eigenvalue weighted by molar-refractivity contribution is -0.132. The Kier molecular flexibility index (Phi) is 3.42. The highest BCUT2D eigenvalue weighted by Gasteiger charge is 2.24. The maximum Gasteiger partial charge on any atom is 0.330 e. The molecule has 70 valence electrons. The molecule has 0 bridgehead atoms. The van der Waals surface area contributed by atoms with E-state index in [9.17, 15) is 4.79 Å². The van der Waals surface area contributed by atoms with Crippen molar-refractivity contribution in [2.24, 2.45) is 5.41 Å². The highest BCUT2D eigenvalue weighted by molar-refractivity contribution is 5.85. The summed E-state index contributed by atoms with van der Waals surface area (Å²) in [4.78, 5) is 10.4. The van der Waals surface area contributed by atoms with Crippen molar-refractivity contribution >= 4 is 5.97 Å². The second-order valence-corrected chi connectivity index (χ2v) is 3.33. The van der Waals surface area contributed by atoms with E-state index in [-0.39, 0.29) is 5.57 Å². The number of hydrogen-bond donors (Lipinski definition) is 3. The summed E-state index contributed by atoms with van der Waals surface area (Å²) in [5.41, 5.74) is -0.823. The van der Waals surface area contributed by atoms with Crippen LogP contribution in [-0.4, -0.2) is 27.6 Å². The summed E-state index contributed by atoms with van der Waals surface area (Å²) in [6.45, 7) is 4.50. The third kappa shape index (κ3) is 3.02. The van der Waals surface area contributed by atoms with Crippen LogP contribution in [0.5, 0.6) is 0 Å². The van der Waals surface area contributed by atoms with E-state index < -0.39 is 17.7 Å². The van der Waals surface area contributed by atoms with Gasteiger partial charge >= 0.3 is 5.97 Å². The van der Waals surface area contributed by atoms with Gasteiger partial charge in [-0.25, -0.2) is 4.79 Å². The Morgan fingerprint density at radius 3 is 2.08 bits per heavy atom. The molecule has 0 aliphatic rings. The second kappa shape index (κ2) is 3.69. The number of carbonyl (C=O) groups is 1. The molecule has 0 spiro atoms. The first-order chi connectivity index (χ1) is 5.27. The quantitative estimate of drug-likeness (QED) is 0.426. The molecular formula is C8H14O4. The number of carboxylic acid groups (broad SMARTS) is 1. The molecule has 0 saturated carbocycles. The molecule has 4 nitrogen and oxygen atoms in total. The Balaban J connectivity index is 4.61. The van der Waals surface area contributed by atoms with Crippen LogP contribution >= 0.6 is 0 Å². The van der Waals surface area contributed by atoms with E-state index in [1.54, 1.807) is 13.8 Å². The van der Waals surface area contributed by atoms with Gasteiger partial charge < -0.3 is 15.3 Å². The van der Waals surface area contributed by atoms with Crippen molar-refractivity contribution in [3.8, 4) is 0 Å². The molecule has 0 unspecified atom stereocenters. The standard InChI is InChI=1S/C8H14O4/c1-5(6(9)10)4-8(2,3)7(11)12/h4,7,11-12H,1-3H3,(H,9,10)/b5-4+. The topological polar surface area (TPSA) is 77.8 Å². The number of aliphatic hydroxyl groups excluding tert-OH is 1. The molecule has 4 heteroatoms. The van der Waals surface area contributed by atoms with Crippen LogP contribution in [0.2, 0.25) is 0 Å². The molecule has 0 radical (unpaired) electrons. The molecule has 12 heavy (non-hydrogen) atoms. The SMILES string of the molecule is C/C(=C\C(C)(C)C(O)O)C(=O)O. The van der Waals surface area contributed by atoms with Crippen molar-refractivity contribution in [1.29, 1.82) is 0 Å². The Morgan fingerprint density at radius 1 is 1.42 bits per heavy atom. The van der Waals surface area contributed by atoms with Gasteiger partial charge in [0.25, 0.3) is 0 Å². The van der Waals surface area contributed by atoms with Gasteiger partial charge in [-0.2, -0.15) is 0 Å². The lowest BCUT2D eigenvalue weighted by Crippen LogP contribution is -2.27. The molecule has 0 heterocycles. The van der Waals surface area contributed by atoms with E-state index in [1.165, 1.54) is 13.0 Å². The van der Waals surface area contributed by atoms with Crippen molar-refractivity contribution in [2.45, 2.75) is 27.1 Å². The van der Waals surface area contributed by atoms with Crippen LogP contribution in [0, 0.1) is 5.41 Å². The van der Waals surface area contributed by atoms with Crippen molar-refractivity contribution in [2.75, 3.05) is 0 Å². The third-order valence-electron chi connectivity index (χ3n) is 1.59. The Bertz CT molecular complexity index is 203. The average molecular weight is 174 g/mol. The van der Waals surface area contributed by atoms with Gasteiger partial charge in [0.05, 0.1) is 0 Å². The van der Waals surface area contributed by atoms with Crippen LogP contribution in [0.1, 0.15) is 20.8 Å². The van der Waals surface area contributed by atoms with Crippen molar-refractivity contribution < 1.29 is 20.1 Å². The summed E-state index contributed by atoms with van der Waals surface area (Å²) < 4.78 is 0. The molecule has 3 N–H and O–H groups in total. The van der Waals surface area contributed by atoms with Gasteiger partial charge in [0, 0.05) is 11.0 Å². The van der Waals surface area contributed by atoms with E-state index in [0.717, 1.165) is 0 Å². The summed E-state index contributed by atoms with van der Waals surface area (Å²) in [6, 6.07) is 0. The number of aliphatic carboxylic acids is 1. The fourth-order valence-corrected chi connectivity index (χ4v) is 0.694. The van der Waals surface area contributed by atoms with E-state index in [0.29, 0.717) is 0 Å². The Hall–Kier alpha value is -0.870. The zero-order valence-corrected chi connectivity index (χ0v) is 7.40. The summed E-state index contributed by atoms with van der Waals surface area (Å²) in [7, 11) is 0. The van der Waals surface area contributed by atoms with Crippen LogP contribution in [0.25, 0.3) is 0 Å². The predicted octanol–water partition coefficient (Wildman–Crippen LogP) is 0.354. The second-order valence-electron chi connectivity index (χ2n) is 3.33.